The zero-order valence-corrected chi connectivity index (χ0v) is 12.6. The highest BCUT2D eigenvalue weighted by atomic mass is 35.5. The van der Waals surface area contributed by atoms with E-state index in [1.165, 1.54) is 0 Å². The van der Waals surface area contributed by atoms with E-state index in [0.717, 1.165) is 34.0 Å². The molecule has 0 aliphatic carbocycles. The van der Waals surface area contributed by atoms with Gasteiger partial charge in [-0.25, -0.2) is 4.98 Å². The zero-order valence-electron chi connectivity index (χ0n) is 11.1. The molecule has 2 aromatic heterocycles. The molecule has 2 heterocycles. The molecule has 102 valence electrons. The smallest absolute Gasteiger partial charge is 0.138 e. The lowest BCUT2D eigenvalue weighted by Gasteiger charge is -2.06. The average Bonchev–Trinajstić information content (AvgIpc) is 2.72. The minimum Gasteiger partial charge on any atom is -0.397 e. The van der Waals surface area contributed by atoms with Gasteiger partial charge in [0.05, 0.1) is 16.4 Å². The molecule has 0 spiro atoms. The normalized spacial score (nSPS) is 11.2. The largest absolute Gasteiger partial charge is 0.397 e. The number of pyridine rings is 1. The third-order valence-corrected chi connectivity index (χ3v) is 4.03. The molecule has 0 aliphatic heterocycles. The van der Waals surface area contributed by atoms with Gasteiger partial charge in [0, 0.05) is 22.0 Å². The maximum atomic E-state index is 6.28. The molecule has 0 saturated heterocycles. The molecule has 3 rings (SSSR count). The van der Waals surface area contributed by atoms with Crippen LogP contribution in [-0.4, -0.2) is 9.38 Å². The van der Waals surface area contributed by atoms with E-state index < -0.39 is 0 Å². The summed E-state index contributed by atoms with van der Waals surface area (Å²) in [5.41, 5.74) is 11.3. The second kappa shape index (κ2) is 4.69. The minimum absolute atomic E-state index is 0.592. The molecule has 5 heteroatoms. The third kappa shape index (κ3) is 1.94. The highest BCUT2D eigenvalue weighted by Crippen LogP contribution is 2.33. The molecule has 0 unspecified atom stereocenters. The standard InChI is InChI=1S/C15H13Cl2N3/c1-8-13(18)5-6-14-19-15(9(2)20(8)14)11-4-3-10(16)7-12(11)17/h3-7H,18H2,1-2H3. The molecule has 3 nitrogen and oxygen atoms in total. The molecule has 0 radical (unpaired) electrons. The lowest BCUT2D eigenvalue weighted by Crippen LogP contribution is -1.99. The quantitative estimate of drug-likeness (QED) is 0.719. The number of anilines is 1. The van der Waals surface area contributed by atoms with Gasteiger partial charge in [-0.05, 0) is 44.2 Å². The van der Waals surface area contributed by atoms with Crippen molar-refractivity contribution in [2.24, 2.45) is 0 Å². The second-order valence-electron chi connectivity index (χ2n) is 4.74. The Morgan fingerprint density at radius 1 is 1.05 bits per heavy atom. The Morgan fingerprint density at radius 2 is 1.80 bits per heavy atom. The molecular formula is C15H13Cl2N3. The van der Waals surface area contributed by atoms with Gasteiger partial charge in [-0.15, -0.1) is 0 Å². The van der Waals surface area contributed by atoms with Crippen LogP contribution in [0.15, 0.2) is 30.3 Å². The van der Waals surface area contributed by atoms with Crippen LogP contribution >= 0.6 is 23.2 Å². The summed E-state index contributed by atoms with van der Waals surface area (Å²) in [6.45, 7) is 3.98. The minimum atomic E-state index is 0.592. The maximum absolute atomic E-state index is 6.28. The van der Waals surface area contributed by atoms with Gasteiger partial charge in [0.1, 0.15) is 5.65 Å². The van der Waals surface area contributed by atoms with E-state index >= 15 is 0 Å². The third-order valence-electron chi connectivity index (χ3n) is 3.48. The van der Waals surface area contributed by atoms with Gasteiger partial charge in [-0.2, -0.15) is 0 Å². The van der Waals surface area contributed by atoms with Crippen LogP contribution in [0.2, 0.25) is 10.0 Å². The van der Waals surface area contributed by atoms with Crippen molar-refractivity contribution < 1.29 is 0 Å². The Balaban J connectivity index is 2.32. The van der Waals surface area contributed by atoms with Crippen LogP contribution in [0.1, 0.15) is 11.4 Å². The predicted octanol–water partition coefficient (Wildman–Crippen LogP) is 4.51. The molecule has 20 heavy (non-hydrogen) atoms. The maximum Gasteiger partial charge on any atom is 0.138 e. The molecule has 0 aliphatic rings. The van der Waals surface area contributed by atoms with E-state index in [0.29, 0.717) is 10.0 Å². The fourth-order valence-electron chi connectivity index (χ4n) is 2.41. The van der Waals surface area contributed by atoms with Crippen LogP contribution in [0.25, 0.3) is 16.9 Å². The number of nitrogens with zero attached hydrogens (tertiary/aromatic N) is 2. The highest BCUT2D eigenvalue weighted by Gasteiger charge is 2.15. The van der Waals surface area contributed by atoms with Gasteiger partial charge in [0.15, 0.2) is 0 Å². The molecule has 0 saturated carbocycles. The first kappa shape index (κ1) is 13.3. The summed E-state index contributed by atoms with van der Waals surface area (Å²) in [6.07, 6.45) is 0. The number of hydrogen-bond donors (Lipinski definition) is 1. The van der Waals surface area contributed by atoms with E-state index in [-0.39, 0.29) is 0 Å². The van der Waals surface area contributed by atoms with Crippen LogP contribution < -0.4 is 5.73 Å². The first-order valence-corrected chi connectivity index (χ1v) is 6.94. The molecule has 2 N–H and O–H groups in total. The Labute approximate surface area is 127 Å². The molecular weight excluding hydrogens is 293 g/mol. The molecule has 0 amide bonds. The van der Waals surface area contributed by atoms with Crippen molar-refractivity contribution in [1.82, 2.24) is 9.38 Å². The van der Waals surface area contributed by atoms with E-state index in [1.54, 1.807) is 6.07 Å². The summed E-state index contributed by atoms with van der Waals surface area (Å²) < 4.78 is 2.04. The highest BCUT2D eigenvalue weighted by molar-refractivity contribution is 6.36. The number of halogens is 2. The van der Waals surface area contributed by atoms with Crippen LogP contribution in [0.5, 0.6) is 0 Å². The number of aryl methyl sites for hydroxylation is 2. The summed E-state index contributed by atoms with van der Waals surface area (Å²) >= 11 is 12.2. The topological polar surface area (TPSA) is 43.3 Å². The van der Waals surface area contributed by atoms with Crippen molar-refractivity contribution in [3.05, 3.63) is 51.8 Å². The molecule has 1 aromatic carbocycles. The van der Waals surface area contributed by atoms with Gasteiger partial charge in [0.2, 0.25) is 0 Å². The zero-order chi connectivity index (χ0) is 14.4. The Morgan fingerprint density at radius 3 is 2.50 bits per heavy atom. The molecule has 3 aromatic rings. The first-order chi connectivity index (χ1) is 9.49. The van der Waals surface area contributed by atoms with E-state index in [2.05, 4.69) is 4.98 Å². The SMILES string of the molecule is Cc1c(N)ccc2nc(-c3ccc(Cl)cc3Cl)c(C)n12. The second-order valence-corrected chi connectivity index (χ2v) is 5.58. The number of hydrogen-bond acceptors (Lipinski definition) is 2. The van der Waals surface area contributed by atoms with E-state index in [1.807, 2.05) is 42.5 Å². The lowest BCUT2D eigenvalue weighted by atomic mass is 10.1. The van der Waals surface area contributed by atoms with Crippen LogP contribution in [-0.2, 0) is 0 Å². The fraction of sp³-hybridized carbons (Fsp3) is 0.133. The average molecular weight is 306 g/mol. The van der Waals surface area contributed by atoms with E-state index in [4.69, 9.17) is 28.9 Å². The number of fused-ring (bicyclic) bond motifs is 1. The number of rotatable bonds is 1. The van der Waals surface area contributed by atoms with Crippen molar-refractivity contribution in [3.8, 4) is 11.3 Å². The Kier molecular flexibility index (Phi) is 3.11. The van der Waals surface area contributed by atoms with Crippen molar-refractivity contribution in [2.45, 2.75) is 13.8 Å². The van der Waals surface area contributed by atoms with Crippen molar-refractivity contribution in [1.29, 1.82) is 0 Å². The van der Waals surface area contributed by atoms with Crippen LogP contribution in [0.4, 0.5) is 5.69 Å². The molecule has 0 bridgehead atoms. The summed E-state index contributed by atoms with van der Waals surface area (Å²) in [6, 6.07) is 9.20. The lowest BCUT2D eigenvalue weighted by molar-refractivity contribution is 1.04. The number of aromatic nitrogens is 2. The monoisotopic (exact) mass is 305 g/mol. The summed E-state index contributed by atoms with van der Waals surface area (Å²) in [4.78, 5) is 4.65. The molecule has 0 fully saturated rings. The van der Waals surface area contributed by atoms with Crippen molar-refractivity contribution in [2.75, 3.05) is 5.73 Å². The summed E-state index contributed by atoms with van der Waals surface area (Å²) in [5, 5.41) is 1.20. The summed E-state index contributed by atoms with van der Waals surface area (Å²) in [7, 11) is 0. The van der Waals surface area contributed by atoms with Crippen molar-refractivity contribution >= 4 is 34.5 Å². The van der Waals surface area contributed by atoms with Crippen LogP contribution in [0.3, 0.4) is 0 Å². The van der Waals surface area contributed by atoms with E-state index in [9.17, 15) is 0 Å². The fourth-order valence-corrected chi connectivity index (χ4v) is 2.91. The van der Waals surface area contributed by atoms with Gasteiger partial charge >= 0.3 is 0 Å². The van der Waals surface area contributed by atoms with Gasteiger partial charge in [-0.1, -0.05) is 23.2 Å². The molecule has 0 atom stereocenters. The van der Waals surface area contributed by atoms with Gasteiger partial charge in [-0.3, -0.25) is 4.40 Å². The number of imidazole rings is 1. The summed E-state index contributed by atoms with van der Waals surface area (Å²) in [5.74, 6) is 0. The Hall–Kier alpha value is -1.71. The first-order valence-electron chi connectivity index (χ1n) is 6.18. The van der Waals surface area contributed by atoms with Gasteiger partial charge in [0.25, 0.3) is 0 Å². The number of benzene rings is 1. The van der Waals surface area contributed by atoms with Gasteiger partial charge < -0.3 is 5.73 Å². The predicted molar refractivity (Wildman–Crippen MR) is 84.5 cm³/mol. The van der Waals surface area contributed by atoms with Crippen LogP contribution in [0, 0.1) is 13.8 Å². The van der Waals surface area contributed by atoms with Crippen molar-refractivity contribution in [3.63, 3.8) is 0 Å². The number of nitrogens with two attached hydrogens (primary N) is 1. The number of nitrogen functional groups attached to an aromatic ring is 1. The Bertz CT molecular complexity index is 822.